The molecule has 0 aromatic heterocycles. The Morgan fingerprint density at radius 1 is 1.53 bits per heavy atom. The summed E-state index contributed by atoms with van der Waals surface area (Å²) in [7, 11) is 0. The van der Waals surface area contributed by atoms with Gasteiger partial charge >= 0.3 is 0 Å². The normalized spacial score (nSPS) is 17.8. The summed E-state index contributed by atoms with van der Waals surface area (Å²) in [5.41, 5.74) is 6.70. The summed E-state index contributed by atoms with van der Waals surface area (Å²) in [6.07, 6.45) is 2.85. The van der Waals surface area contributed by atoms with Gasteiger partial charge in [-0.25, -0.2) is 0 Å². The molecule has 1 aliphatic carbocycles. The van der Waals surface area contributed by atoms with E-state index in [0.717, 1.165) is 30.1 Å². The maximum atomic E-state index is 8.57. The zero-order valence-corrected chi connectivity index (χ0v) is 10.2. The number of benzene rings is 1. The van der Waals surface area contributed by atoms with Crippen LogP contribution in [0, 0.1) is 5.41 Å². The topological polar surface area (TPSA) is 70.6 Å². The number of nitrogens with two attached hydrogens (primary N) is 1. The van der Waals surface area contributed by atoms with E-state index < -0.39 is 0 Å². The summed E-state index contributed by atoms with van der Waals surface area (Å²) < 4.78 is 0. The Bertz CT molecular complexity index is 430. The molecule has 0 heterocycles. The predicted molar refractivity (Wildman–Crippen MR) is 69.6 cm³/mol. The molecule has 92 valence electrons. The zero-order valence-electron chi connectivity index (χ0n) is 9.49. The van der Waals surface area contributed by atoms with Gasteiger partial charge in [-0.15, -0.1) is 0 Å². The number of hydrogen-bond donors (Lipinski definition) is 3. The second-order valence-electron chi connectivity index (χ2n) is 4.63. The van der Waals surface area contributed by atoms with Gasteiger partial charge < -0.3 is 16.3 Å². The molecule has 0 spiro atoms. The van der Waals surface area contributed by atoms with Gasteiger partial charge in [-0.3, -0.25) is 0 Å². The number of anilines is 1. The average molecular weight is 254 g/mol. The molecule has 1 saturated carbocycles. The molecule has 1 fully saturated rings. The van der Waals surface area contributed by atoms with Crippen LogP contribution < -0.4 is 11.1 Å². The van der Waals surface area contributed by atoms with Gasteiger partial charge in [0.15, 0.2) is 0 Å². The third kappa shape index (κ3) is 3.27. The number of nitrogens with one attached hydrogen (secondary N) is 1. The van der Waals surface area contributed by atoms with E-state index in [-0.39, 0.29) is 5.41 Å². The quantitative estimate of drug-likeness (QED) is 0.327. The minimum atomic E-state index is 0.151. The Morgan fingerprint density at radius 2 is 2.29 bits per heavy atom. The fourth-order valence-electron chi connectivity index (χ4n) is 1.90. The molecular formula is C12H16ClN3O. The van der Waals surface area contributed by atoms with Crippen LogP contribution in [0.5, 0.6) is 0 Å². The van der Waals surface area contributed by atoms with Crippen LogP contribution in [0.1, 0.15) is 19.3 Å². The molecule has 5 heteroatoms. The Balaban J connectivity index is 1.90. The van der Waals surface area contributed by atoms with E-state index in [0.29, 0.717) is 12.3 Å². The standard InChI is InChI=1S/C12H16ClN3O/c13-9-2-1-3-10(6-9)15-8-12(4-5-12)7-11(14)16-17/h1-3,6,15,17H,4-5,7-8H2,(H2,14,16). The van der Waals surface area contributed by atoms with Crippen molar-refractivity contribution in [3.8, 4) is 0 Å². The molecule has 0 atom stereocenters. The van der Waals surface area contributed by atoms with Crippen molar-refractivity contribution in [1.82, 2.24) is 0 Å². The molecule has 0 unspecified atom stereocenters. The van der Waals surface area contributed by atoms with Gasteiger partial charge in [0.2, 0.25) is 0 Å². The summed E-state index contributed by atoms with van der Waals surface area (Å²) >= 11 is 5.91. The van der Waals surface area contributed by atoms with Gasteiger partial charge in [-0.05, 0) is 36.5 Å². The van der Waals surface area contributed by atoms with E-state index >= 15 is 0 Å². The summed E-state index contributed by atoms with van der Waals surface area (Å²) in [6.45, 7) is 0.823. The number of oxime groups is 1. The molecule has 0 aliphatic heterocycles. The summed E-state index contributed by atoms with van der Waals surface area (Å²) in [6, 6.07) is 7.62. The Morgan fingerprint density at radius 3 is 2.88 bits per heavy atom. The first-order valence-electron chi connectivity index (χ1n) is 5.59. The molecule has 0 amide bonds. The molecular weight excluding hydrogens is 238 g/mol. The monoisotopic (exact) mass is 253 g/mol. The highest BCUT2D eigenvalue weighted by atomic mass is 35.5. The van der Waals surface area contributed by atoms with Gasteiger partial charge in [0.25, 0.3) is 0 Å². The predicted octanol–water partition coefficient (Wildman–Crippen LogP) is 2.67. The van der Waals surface area contributed by atoms with Gasteiger partial charge in [0.05, 0.1) is 0 Å². The first-order valence-corrected chi connectivity index (χ1v) is 5.97. The van der Waals surface area contributed by atoms with Crippen molar-refractivity contribution in [3.05, 3.63) is 29.3 Å². The van der Waals surface area contributed by atoms with Crippen LogP contribution in [0.25, 0.3) is 0 Å². The first kappa shape index (κ1) is 12.0. The SMILES string of the molecule is NC(CC1(CNc2cccc(Cl)c2)CC1)=NO. The van der Waals surface area contributed by atoms with Crippen LogP contribution in [0.2, 0.25) is 5.02 Å². The fraction of sp³-hybridized carbons (Fsp3) is 0.417. The highest BCUT2D eigenvalue weighted by molar-refractivity contribution is 6.30. The lowest BCUT2D eigenvalue weighted by molar-refractivity contribution is 0.315. The molecule has 0 bridgehead atoms. The van der Waals surface area contributed by atoms with Crippen molar-refractivity contribution in [1.29, 1.82) is 0 Å². The number of nitrogens with zero attached hydrogens (tertiary/aromatic N) is 1. The second kappa shape index (κ2) is 4.84. The molecule has 1 aromatic carbocycles. The molecule has 0 radical (unpaired) electrons. The molecule has 1 aromatic rings. The van der Waals surface area contributed by atoms with Gasteiger partial charge in [0.1, 0.15) is 5.84 Å². The smallest absolute Gasteiger partial charge is 0.139 e. The van der Waals surface area contributed by atoms with Gasteiger partial charge in [-0.1, -0.05) is 22.8 Å². The van der Waals surface area contributed by atoms with E-state index in [2.05, 4.69) is 10.5 Å². The Kier molecular flexibility index (Phi) is 3.43. The lowest BCUT2D eigenvalue weighted by Gasteiger charge is -2.16. The van der Waals surface area contributed by atoms with Crippen LogP contribution in [0.3, 0.4) is 0 Å². The number of halogens is 1. The lowest BCUT2D eigenvalue weighted by atomic mass is 10.0. The van der Waals surface area contributed by atoms with Crippen molar-refractivity contribution < 1.29 is 5.21 Å². The summed E-state index contributed by atoms with van der Waals surface area (Å²) in [5.74, 6) is 0.301. The first-order chi connectivity index (χ1) is 8.13. The van der Waals surface area contributed by atoms with E-state index in [1.165, 1.54) is 0 Å². The molecule has 1 aliphatic rings. The summed E-state index contributed by atoms with van der Waals surface area (Å²) in [4.78, 5) is 0. The van der Waals surface area contributed by atoms with Crippen LogP contribution in [-0.2, 0) is 0 Å². The van der Waals surface area contributed by atoms with Crippen molar-refractivity contribution in [2.45, 2.75) is 19.3 Å². The molecule has 4 nitrogen and oxygen atoms in total. The number of amidine groups is 1. The van der Waals surface area contributed by atoms with Crippen LogP contribution in [0.4, 0.5) is 5.69 Å². The minimum absolute atomic E-state index is 0.151. The van der Waals surface area contributed by atoms with Crippen LogP contribution in [0.15, 0.2) is 29.4 Å². The van der Waals surface area contributed by atoms with Crippen molar-refractivity contribution in [2.24, 2.45) is 16.3 Å². The molecule has 17 heavy (non-hydrogen) atoms. The Hall–Kier alpha value is -1.42. The van der Waals surface area contributed by atoms with Crippen LogP contribution >= 0.6 is 11.6 Å². The van der Waals surface area contributed by atoms with E-state index in [1.807, 2.05) is 24.3 Å². The summed E-state index contributed by atoms with van der Waals surface area (Å²) in [5, 5.41) is 15.7. The largest absolute Gasteiger partial charge is 0.409 e. The van der Waals surface area contributed by atoms with E-state index in [1.54, 1.807) is 0 Å². The van der Waals surface area contributed by atoms with Crippen LogP contribution in [-0.4, -0.2) is 17.6 Å². The average Bonchev–Trinajstić information content (AvgIpc) is 3.07. The fourth-order valence-corrected chi connectivity index (χ4v) is 2.09. The second-order valence-corrected chi connectivity index (χ2v) is 5.07. The number of hydrogen-bond acceptors (Lipinski definition) is 3. The third-order valence-electron chi connectivity index (χ3n) is 3.13. The maximum Gasteiger partial charge on any atom is 0.139 e. The highest BCUT2D eigenvalue weighted by Crippen LogP contribution is 2.48. The van der Waals surface area contributed by atoms with Crippen molar-refractivity contribution in [3.63, 3.8) is 0 Å². The minimum Gasteiger partial charge on any atom is -0.409 e. The third-order valence-corrected chi connectivity index (χ3v) is 3.37. The molecule has 0 saturated heterocycles. The van der Waals surface area contributed by atoms with Gasteiger partial charge in [0, 0.05) is 23.7 Å². The lowest BCUT2D eigenvalue weighted by Crippen LogP contribution is -2.23. The molecule has 2 rings (SSSR count). The number of rotatable bonds is 5. The van der Waals surface area contributed by atoms with E-state index in [4.69, 9.17) is 22.5 Å². The van der Waals surface area contributed by atoms with Gasteiger partial charge in [-0.2, -0.15) is 0 Å². The highest BCUT2D eigenvalue weighted by Gasteiger charge is 2.43. The van der Waals surface area contributed by atoms with Crippen molar-refractivity contribution in [2.75, 3.05) is 11.9 Å². The van der Waals surface area contributed by atoms with Crippen molar-refractivity contribution >= 4 is 23.1 Å². The molecule has 4 N–H and O–H groups in total. The Labute approximate surface area is 105 Å². The van der Waals surface area contributed by atoms with E-state index in [9.17, 15) is 0 Å². The zero-order chi connectivity index (χ0) is 12.3. The maximum absolute atomic E-state index is 8.57.